The Kier molecular flexibility index (Phi) is 18.6. The molecule has 0 heterocycles. The van der Waals surface area contributed by atoms with Gasteiger partial charge < -0.3 is 19.4 Å². The van der Waals surface area contributed by atoms with Gasteiger partial charge in [-0.05, 0) is 57.8 Å². The normalized spacial score (nSPS) is 15.0. The van der Waals surface area contributed by atoms with Crippen LogP contribution in [-0.2, 0) is 4.57 Å². The van der Waals surface area contributed by atoms with E-state index in [-0.39, 0.29) is 13.0 Å². The van der Waals surface area contributed by atoms with E-state index in [0.29, 0.717) is 10.9 Å². The quantitative estimate of drug-likeness (QED) is 0.0645. The molecule has 0 rings (SSSR count). The van der Waals surface area contributed by atoms with Gasteiger partial charge in [0.15, 0.2) is 0 Å². The molecular weight excluding hydrogens is 433 g/mol. The second kappa shape index (κ2) is 18.8. The third kappa shape index (κ3) is 19.5. The number of likely N-dealkylation sites (N-methyl/N-ethyl adjacent to an activating group) is 1. The molecule has 1 atom stereocenters. The highest BCUT2D eigenvalue weighted by Gasteiger charge is 2.48. The summed E-state index contributed by atoms with van der Waals surface area (Å²) in [6, 6.07) is 0. The van der Waals surface area contributed by atoms with Crippen LogP contribution in [0.5, 0.6) is 0 Å². The van der Waals surface area contributed by atoms with Gasteiger partial charge in [0.2, 0.25) is 5.34 Å². The zero-order chi connectivity index (χ0) is 25.1. The van der Waals surface area contributed by atoms with Crippen molar-refractivity contribution in [3.8, 4) is 0 Å². The SMILES string of the molecule is CCCCC/C=C\CCCCCCCCCC/C=C\CCCC(O)(C[N+](C)(C)C)P(=O)(O)O. The average Bonchev–Trinajstić information content (AvgIpc) is 2.70. The lowest BCUT2D eigenvalue weighted by atomic mass is 10.1. The first-order chi connectivity index (χ1) is 15.5. The molecule has 0 aliphatic rings. The molecule has 0 aromatic heterocycles. The molecule has 5 nitrogen and oxygen atoms in total. The van der Waals surface area contributed by atoms with Crippen LogP contribution in [0.3, 0.4) is 0 Å². The van der Waals surface area contributed by atoms with Crippen LogP contribution in [0.15, 0.2) is 24.3 Å². The molecule has 0 aromatic rings. The Hall–Kier alpha value is -0.450. The predicted octanol–water partition coefficient (Wildman–Crippen LogP) is 7.32. The molecule has 0 radical (unpaired) electrons. The van der Waals surface area contributed by atoms with Crippen molar-refractivity contribution in [1.82, 2.24) is 0 Å². The Labute approximate surface area is 205 Å². The minimum absolute atomic E-state index is 0.0389. The van der Waals surface area contributed by atoms with Crippen LogP contribution in [-0.4, -0.2) is 52.4 Å². The summed E-state index contributed by atoms with van der Waals surface area (Å²) in [5, 5.41) is 8.59. The van der Waals surface area contributed by atoms with Gasteiger partial charge in [0.05, 0.1) is 21.1 Å². The van der Waals surface area contributed by atoms with Gasteiger partial charge in [-0.2, -0.15) is 0 Å². The lowest BCUT2D eigenvalue weighted by Crippen LogP contribution is -2.49. The fourth-order valence-corrected chi connectivity index (χ4v) is 5.21. The smallest absolute Gasteiger partial charge is 0.362 e. The van der Waals surface area contributed by atoms with Crippen LogP contribution in [0.2, 0.25) is 0 Å². The van der Waals surface area contributed by atoms with E-state index >= 15 is 0 Å². The number of nitrogens with zero attached hydrogens (tertiary/aromatic N) is 1. The van der Waals surface area contributed by atoms with E-state index in [1.165, 1.54) is 83.5 Å². The van der Waals surface area contributed by atoms with Gasteiger partial charge >= 0.3 is 7.60 Å². The van der Waals surface area contributed by atoms with Crippen molar-refractivity contribution in [3.05, 3.63) is 24.3 Å². The molecule has 0 amide bonds. The van der Waals surface area contributed by atoms with Gasteiger partial charge in [-0.1, -0.05) is 82.6 Å². The lowest BCUT2D eigenvalue weighted by molar-refractivity contribution is -0.875. The molecule has 1 unspecified atom stereocenters. The molecule has 0 aliphatic carbocycles. The summed E-state index contributed by atoms with van der Waals surface area (Å²) >= 11 is 0. The lowest BCUT2D eigenvalue weighted by Gasteiger charge is -2.35. The first kappa shape index (κ1) is 32.5. The highest BCUT2D eigenvalue weighted by Crippen LogP contribution is 2.52. The summed E-state index contributed by atoms with van der Waals surface area (Å²) in [4.78, 5) is 19.2. The summed E-state index contributed by atoms with van der Waals surface area (Å²) in [5.41, 5.74) is 0. The largest absolute Gasteiger partial charge is 0.373 e. The first-order valence-corrected chi connectivity index (χ1v) is 15.0. The highest BCUT2D eigenvalue weighted by atomic mass is 31.2. The summed E-state index contributed by atoms with van der Waals surface area (Å²) in [6.45, 7) is 2.29. The first-order valence-electron chi connectivity index (χ1n) is 13.4. The average molecular weight is 489 g/mol. The van der Waals surface area contributed by atoms with Gasteiger partial charge in [0.25, 0.3) is 0 Å². The Morgan fingerprint density at radius 2 is 1.03 bits per heavy atom. The fraction of sp³-hybridized carbons (Fsp3) is 0.852. The van der Waals surface area contributed by atoms with Gasteiger partial charge in [-0.15, -0.1) is 0 Å². The maximum Gasteiger partial charge on any atom is 0.362 e. The van der Waals surface area contributed by atoms with Crippen LogP contribution in [0.25, 0.3) is 0 Å². The molecule has 0 bridgehead atoms. The number of unbranched alkanes of at least 4 members (excludes halogenated alkanes) is 13. The Morgan fingerprint density at radius 3 is 1.39 bits per heavy atom. The van der Waals surface area contributed by atoms with Crippen LogP contribution in [0, 0.1) is 0 Å². The van der Waals surface area contributed by atoms with Crippen LogP contribution >= 0.6 is 7.60 Å². The number of allylic oxidation sites excluding steroid dienone is 4. The van der Waals surface area contributed by atoms with Crippen LogP contribution in [0.1, 0.15) is 116 Å². The Bertz CT molecular complexity index is 565. The molecular formula is C27H55NO4P+. The van der Waals surface area contributed by atoms with Crippen molar-refractivity contribution in [2.45, 2.75) is 121 Å². The number of quaternary nitrogens is 1. The summed E-state index contributed by atoms with van der Waals surface area (Å²) in [6.07, 6.45) is 28.5. The molecule has 3 N–H and O–H groups in total. The number of hydrogen-bond donors (Lipinski definition) is 3. The number of hydrogen-bond acceptors (Lipinski definition) is 2. The van der Waals surface area contributed by atoms with Crippen molar-refractivity contribution in [2.24, 2.45) is 0 Å². The maximum absolute atomic E-state index is 11.8. The van der Waals surface area contributed by atoms with Crippen LogP contribution in [0.4, 0.5) is 0 Å². The van der Waals surface area contributed by atoms with E-state index in [0.717, 1.165) is 12.8 Å². The Balaban J connectivity index is 3.64. The maximum atomic E-state index is 11.8. The topological polar surface area (TPSA) is 77.8 Å². The van der Waals surface area contributed by atoms with E-state index < -0.39 is 12.9 Å². The minimum atomic E-state index is -4.57. The van der Waals surface area contributed by atoms with Gasteiger partial charge in [0.1, 0.15) is 6.54 Å². The third-order valence-corrected chi connectivity index (χ3v) is 7.47. The highest BCUT2D eigenvalue weighted by molar-refractivity contribution is 7.53. The van der Waals surface area contributed by atoms with E-state index in [9.17, 15) is 19.5 Å². The molecule has 0 aromatic carbocycles. The van der Waals surface area contributed by atoms with Gasteiger partial charge in [-0.3, -0.25) is 4.57 Å². The molecule has 196 valence electrons. The standard InChI is InChI=1S/C27H54NO4P/c1-5-6-7-8-9-10-11-12-13-14-15-16-17-18-19-20-21-22-23-24-25-27(29,33(30,31)32)26-28(2,3)4/h9-10,21-22,29H,5-8,11-20,23-26H2,1-4H3,(H-,30,31,32)/p+1/b10-9-,22-21-. The summed E-state index contributed by atoms with van der Waals surface area (Å²) < 4.78 is 12.1. The van der Waals surface area contributed by atoms with E-state index in [4.69, 9.17) is 0 Å². The fourth-order valence-electron chi connectivity index (χ4n) is 4.15. The van der Waals surface area contributed by atoms with E-state index in [1.54, 1.807) is 0 Å². The van der Waals surface area contributed by atoms with Crippen molar-refractivity contribution in [3.63, 3.8) is 0 Å². The van der Waals surface area contributed by atoms with E-state index in [1.807, 2.05) is 21.1 Å². The molecule has 0 aliphatic heterocycles. The monoisotopic (exact) mass is 488 g/mol. The second-order valence-corrected chi connectivity index (χ2v) is 12.6. The van der Waals surface area contributed by atoms with Gasteiger partial charge in [0, 0.05) is 0 Å². The molecule has 0 fully saturated rings. The van der Waals surface area contributed by atoms with Crippen molar-refractivity contribution >= 4 is 7.60 Å². The Morgan fingerprint density at radius 1 is 0.667 bits per heavy atom. The molecule has 0 saturated carbocycles. The number of aliphatic hydroxyl groups is 1. The predicted molar refractivity (Wildman–Crippen MR) is 142 cm³/mol. The van der Waals surface area contributed by atoms with Crippen molar-refractivity contribution in [2.75, 3.05) is 27.7 Å². The third-order valence-electron chi connectivity index (χ3n) is 6.02. The molecule has 0 saturated heterocycles. The zero-order valence-electron chi connectivity index (χ0n) is 22.2. The molecule has 6 heteroatoms. The summed E-state index contributed by atoms with van der Waals surface area (Å²) in [5.74, 6) is 0. The molecule has 0 spiro atoms. The zero-order valence-corrected chi connectivity index (χ0v) is 23.1. The number of rotatable bonds is 22. The minimum Gasteiger partial charge on any atom is -0.373 e. The molecule has 33 heavy (non-hydrogen) atoms. The van der Waals surface area contributed by atoms with Crippen molar-refractivity contribution in [1.29, 1.82) is 0 Å². The van der Waals surface area contributed by atoms with Gasteiger partial charge in [-0.25, -0.2) is 0 Å². The summed E-state index contributed by atoms with van der Waals surface area (Å²) in [7, 11) is 0.920. The second-order valence-electron chi connectivity index (χ2n) is 10.7. The van der Waals surface area contributed by atoms with E-state index in [2.05, 4.69) is 31.2 Å². The van der Waals surface area contributed by atoms with Crippen LogP contribution < -0.4 is 0 Å². The van der Waals surface area contributed by atoms with Crippen molar-refractivity contribution < 1.29 is 23.9 Å².